The Hall–Kier alpha value is -3.60. The Kier molecular flexibility index (Phi) is 6.07. The number of hydrogen-bond donors (Lipinski definition) is 2. The molecule has 0 unspecified atom stereocenters. The van der Waals surface area contributed by atoms with E-state index in [4.69, 9.17) is 4.74 Å². The maximum atomic E-state index is 12.3. The normalized spacial score (nSPS) is 10.2. The van der Waals surface area contributed by atoms with Gasteiger partial charge in [-0.2, -0.15) is 0 Å². The van der Waals surface area contributed by atoms with Crippen LogP contribution in [0.1, 0.15) is 21.5 Å². The summed E-state index contributed by atoms with van der Waals surface area (Å²) < 4.78 is 5.46. The molecule has 3 rings (SSSR count). The van der Waals surface area contributed by atoms with Gasteiger partial charge in [-0.25, -0.2) is 0 Å². The smallest absolute Gasteiger partial charge is 0.262 e. The van der Waals surface area contributed by atoms with Gasteiger partial charge in [0.1, 0.15) is 5.75 Å². The lowest BCUT2D eigenvalue weighted by molar-refractivity contribution is -0.118. The van der Waals surface area contributed by atoms with Crippen molar-refractivity contribution >= 4 is 23.2 Å². The fraction of sp³-hybridized carbons (Fsp3) is 0.130. The fourth-order valence-corrected chi connectivity index (χ4v) is 2.61. The predicted octanol–water partition coefficient (Wildman–Crippen LogP) is 4.57. The molecule has 0 aliphatic rings. The first-order valence-corrected chi connectivity index (χ1v) is 8.97. The minimum absolute atomic E-state index is 0.0745. The number of amides is 2. The lowest BCUT2D eigenvalue weighted by Crippen LogP contribution is -2.20. The molecular weight excluding hydrogens is 352 g/mol. The summed E-state index contributed by atoms with van der Waals surface area (Å²) in [6.45, 7) is 3.86. The van der Waals surface area contributed by atoms with Crippen LogP contribution in [0.5, 0.6) is 5.75 Å². The Bertz CT molecular complexity index is 964. The van der Waals surface area contributed by atoms with E-state index in [2.05, 4.69) is 10.6 Å². The third-order valence-electron chi connectivity index (χ3n) is 4.10. The van der Waals surface area contributed by atoms with E-state index in [0.717, 1.165) is 11.1 Å². The summed E-state index contributed by atoms with van der Waals surface area (Å²) in [5.41, 5.74) is 4.04. The number of rotatable bonds is 6. The van der Waals surface area contributed by atoms with Crippen LogP contribution >= 0.6 is 0 Å². The minimum atomic E-state index is -0.253. The van der Waals surface area contributed by atoms with Crippen LogP contribution in [-0.4, -0.2) is 18.4 Å². The highest BCUT2D eigenvalue weighted by Crippen LogP contribution is 2.16. The van der Waals surface area contributed by atoms with E-state index >= 15 is 0 Å². The van der Waals surface area contributed by atoms with Gasteiger partial charge in [-0.05, 0) is 62.4 Å². The van der Waals surface area contributed by atoms with Gasteiger partial charge in [-0.3, -0.25) is 9.59 Å². The number of aryl methyl sites for hydroxylation is 2. The highest BCUT2D eigenvalue weighted by atomic mass is 16.5. The summed E-state index contributed by atoms with van der Waals surface area (Å²) in [4.78, 5) is 24.3. The zero-order chi connectivity index (χ0) is 19.9. The molecule has 0 spiro atoms. The molecule has 0 aliphatic heterocycles. The number of hydrogen-bond acceptors (Lipinski definition) is 3. The van der Waals surface area contributed by atoms with Gasteiger partial charge in [0.05, 0.1) is 0 Å². The summed E-state index contributed by atoms with van der Waals surface area (Å²) in [6.07, 6.45) is 0. The Morgan fingerprint density at radius 1 is 0.786 bits per heavy atom. The molecule has 0 bridgehead atoms. The first kappa shape index (κ1) is 19.2. The van der Waals surface area contributed by atoms with Crippen LogP contribution in [0, 0.1) is 13.8 Å². The van der Waals surface area contributed by atoms with Crippen molar-refractivity contribution in [2.75, 3.05) is 17.2 Å². The molecular formula is C23H22N2O3. The van der Waals surface area contributed by atoms with E-state index in [-0.39, 0.29) is 18.4 Å². The summed E-state index contributed by atoms with van der Waals surface area (Å²) in [5.74, 6) is 0.221. The van der Waals surface area contributed by atoms with E-state index < -0.39 is 0 Å². The van der Waals surface area contributed by atoms with E-state index in [1.807, 2.05) is 56.3 Å². The zero-order valence-corrected chi connectivity index (χ0v) is 15.9. The monoisotopic (exact) mass is 374 g/mol. The summed E-state index contributed by atoms with van der Waals surface area (Å²) in [6, 6.07) is 21.8. The second-order valence-electron chi connectivity index (χ2n) is 6.55. The van der Waals surface area contributed by atoms with Crippen molar-refractivity contribution in [3.63, 3.8) is 0 Å². The molecule has 0 aliphatic carbocycles. The highest BCUT2D eigenvalue weighted by Gasteiger charge is 2.07. The Morgan fingerprint density at radius 2 is 1.43 bits per heavy atom. The molecule has 5 nitrogen and oxygen atoms in total. The quantitative estimate of drug-likeness (QED) is 0.664. The Labute approximate surface area is 164 Å². The van der Waals surface area contributed by atoms with Crippen molar-refractivity contribution in [1.82, 2.24) is 0 Å². The van der Waals surface area contributed by atoms with Crippen LogP contribution in [0.25, 0.3) is 0 Å². The molecule has 2 N–H and O–H groups in total. The number of carbonyl (C=O) groups excluding carboxylic acids is 2. The van der Waals surface area contributed by atoms with Crippen molar-refractivity contribution in [3.05, 3.63) is 89.5 Å². The third kappa shape index (κ3) is 5.45. The zero-order valence-electron chi connectivity index (χ0n) is 15.9. The first-order valence-electron chi connectivity index (χ1n) is 8.97. The first-order chi connectivity index (χ1) is 13.5. The molecule has 5 heteroatoms. The number of nitrogens with one attached hydrogen (secondary N) is 2. The van der Waals surface area contributed by atoms with Gasteiger partial charge in [-0.1, -0.05) is 35.4 Å². The molecule has 0 saturated heterocycles. The summed E-state index contributed by atoms with van der Waals surface area (Å²) in [7, 11) is 0. The molecule has 0 fully saturated rings. The second kappa shape index (κ2) is 8.86. The fourth-order valence-electron chi connectivity index (χ4n) is 2.61. The molecule has 142 valence electrons. The van der Waals surface area contributed by atoms with Crippen LogP contribution < -0.4 is 15.4 Å². The average molecular weight is 374 g/mol. The van der Waals surface area contributed by atoms with Crippen LogP contribution in [0.15, 0.2) is 72.8 Å². The van der Waals surface area contributed by atoms with E-state index in [1.54, 1.807) is 30.3 Å². The van der Waals surface area contributed by atoms with Gasteiger partial charge < -0.3 is 15.4 Å². The largest absolute Gasteiger partial charge is 0.484 e. The van der Waals surface area contributed by atoms with Crippen molar-refractivity contribution in [1.29, 1.82) is 0 Å². The number of carbonyl (C=O) groups is 2. The van der Waals surface area contributed by atoms with Gasteiger partial charge in [0.15, 0.2) is 6.61 Å². The summed E-state index contributed by atoms with van der Waals surface area (Å²) >= 11 is 0. The maximum absolute atomic E-state index is 12.3. The van der Waals surface area contributed by atoms with Crippen molar-refractivity contribution in [3.8, 4) is 5.75 Å². The van der Waals surface area contributed by atoms with Gasteiger partial charge in [0.2, 0.25) is 0 Å². The SMILES string of the molecule is Cc1ccc(OCC(=O)Nc2ccc(NC(=O)c3cccc(C)c3)cc2)cc1. The molecule has 2 amide bonds. The lowest BCUT2D eigenvalue weighted by Gasteiger charge is -2.09. The molecule has 3 aromatic carbocycles. The Balaban J connectivity index is 1.51. The number of benzene rings is 3. The summed E-state index contributed by atoms with van der Waals surface area (Å²) in [5, 5.41) is 5.61. The van der Waals surface area contributed by atoms with E-state index in [9.17, 15) is 9.59 Å². The number of ether oxygens (including phenoxy) is 1. The average Bonchev–Trinajstić information content (AvgIpc) is 2.69. The molecule has 0 radical (unpaired) electrons. The number of anilines is 2. The van der Waals surface area contributed by atoms with Crippen LogP contribution in [-0.2, 0) is 4.79 Å². The maximum Gasteiger partial charge on any atom is 0.262 e. The van der Waals surface area contributed by atoms with Gasteiger partial charge in [-0.15, -0.1) is 0 Å². The third-order valence-corrected chi connectivity index (χ3v) is 4.10. The molecule has 0 aromatic heterocycles. The van der Waals surface area contributed by atoms with Crippen LogP contribution in [0.2, 0.25) is 0 Å². The molecule has 0 heterocycles. The van der Waals surface area contributed by atoms with Crippen molar-refractivity contribution in [2.24, 2.45) is 0 Å². The van der Waals surface area contributed by atoms with Gasteiger partial charge >= 0.3 is 0 Å². The predicted molar refractivity (Wildman–Crippen MR) is 111 cm³/mol. The van der Waals surface area contributed by atoms with Crippen molar-refractivity contribution in [2.45, 2.75) is 13.8 Å². The van der Waals surface area contributed by atoms with Crippen LogP contribution in [0.3, 0.4) is 0 Å². The molecule has 0 saturated carbocycles. The highest BCUT2D eigenvalue weighted by molar-refractivity contribution is 6.04. The molecule has 28 heavy (non-hydrogen) atoms. The molecule has 3 aromatic rings. The topological polar surface area (TPSA) is 67.4 Å². The van der Waals surface area contributed by atoms with Gasteiger partial charge in [0, 0.05) is 16.9 Å². The van der Waals surface area contributed by atoms with Gasteiger partial charge in [0.25, 0.3) is 11.8 Å². The minimum Gasteiger partial charge on any atom is -0.484 e. The Morgan fingerprint density at radius 3 is 2.07 bits per heavy atom. The van der Waals surface area contributed by atoms with E-state index in [1.165, 1.54) is 0 Å². The standard InChI is InChI=1S/C23H22N2O3/c1-16-6-12-21(13-7-16)28-15-22(26)24-19-8-10-20(11-9-19)25-23(27)18-5-3-4-17(2)14-18/h3-14H,15H2,1-2H3,(H,24,26)(H,25,27). The van der Waals surface area contributed by atoms with E-state index in [0.29, 0.717) is 22.7 Å². The molecule has 0 atom stereocenters. The second-order valence-corrected chi connectivity index (χ2v) is 6.55. The van der Waals surface area contributed by atoms with Crippen molar-refractivity contribution < 1.29 is 14.3 Å². The van der Waals surface area contributed by atoms with Crippen LogP contribution in [0.4, 0.5) is 11.4 Å². The lowest BCUT2D eigenvalue weighted by atomic mass is 10.1.